The van der Waals surface area contributed by atoms with E-state index < -0.39 is 9.84 Å². The monoisotopic (exact) mass is 311 g/mol. The molecule has 2 rings (SSSR count). The van der Waals surface area contributed by atoms with Crippen LogP contribution >= 0.6 is 0 Å². The van der Waals surface area contributed by atoms with Crippen LogP contribution in [0.1, 0.15) is 39.0 Å². The highest BCUT2D eigenvalue weighted by atomic mass is 32.2. The topological polar surface area (TPSA) is 55.4 Å². The first-order valence-corrected chi connectivity index (χ1v) is 9.24. The number of methoxy groups -OCH3 is 1. The standard InChI is InChI=1S/C16H25NO3S/c1-3-10-17-13-6-4-8-15(11-13)21(18,19)16-9-5-7-14(12-16)20-2/h5,7,9,12-13,15,17H,3-4,6,8,10-11H2,1-2H3. The zero-order chi connectivity index (χ0) is 15.3. The van der Waals surface area contributed by atoms with E-state index in [4.69, 9.17) is 4.74 Å². The normalized spacial score (nSPS) is 23.0. The Balaban J connectivity index is 2.14. The van der Waals surface area contributed by atoms with E-state index in [1.54, 1.807) is 31.4 Å². The summed E-state index contributed by atoms with van der Waals surface area (Å²) in [6.45, 7) is 3.08. The Morgan fingerprint density at radius 1 is 1.33 bits per heavy atom. The molecule has 0 spiro atoms. The van der Waals surface area contributed by atoms with Crippen molar-refractivity contribution in [2.24, 2.45) is 0 Å². The first kappa shape index (κ1) is 16.3. The predicted molar refractivity (Wildman–Crippen MR) is 84.5 cm³/mol. The van der Waals surface area contributed by atoms with E-state index in [1.165, 1.54) is 0 Å². The van der Waals surface area contributed by atoms with Crippen molar-refractivity contribution in [3.63, 3.8) is 0 Å². The fourth-order valence-corrected chi connectivity index (χ4v) is 4.83. The molecule has 1 aliphatic carbocycles. The van der Waals surface area contributed by atoms with Gasteiger partial charge in [-0.2, -0.15) is 0 Å². The van der Waals surface area contributed by atoms with Crippen LogP contribution in [0.3, 0.4) is 0 Å². The van der Waals surface area contributed by atoms with Crippen molar-refractivity contribution in [1.29, 1.82) is 0 Å². The van der Waals surface area contributed by atoms with Crippen molar-refractivity contribution >= 4 is 9.84 Å². The summed E-state index contributed by atoms with van der Waals surface area (Å²) < 4.78 is 30.7. The molecule has 1 aromatic rings. The minimum Gasteiger partial charge on any atom is -0.497 e. The Hall–Kier alpha value is -1.07. The van der Waals surface area contributed by atoms with Gasteiger partial charge in [0.05, 0.1) is 17.3 Å². The maximum atomic E-state index is 12.8. The molecule has 4 nitrogen and oxygen atoms in total. The SMILES string of the molecule is CCCNC1CCCC(S(=O)(=O)c2cccc(OC)c2)C1. The molecule has 2 unspecified atom stereocenters. The highest BCUT2D eigenvalue weighted by Crippen LogP contribution is 2.30. The minimum atomic E-state index is -3.27. The second-order valence-corrected chi connectivity index (χ2v) is 7.89. The Labute approximate surface area is 127 Å². The Morgan fingerprint density at radius 3 is 2.86 bits per heavy atom. The number of benzene rings is 1. The summed E-state index contributed by atoms with van der Waals surface area (Å²) >= 11 is 0. The number of sulfone groups is 1. The van der Waals surface area contributed by atoms with Crippen molar-refractivity contribution in [2.75, 3.05) is 13.7 Å². The second-order valence-electron chi connectivity index (χ2n) is 5.66. The molecule has 1 saturated carbocycles. The average Bonchev–Trinajstić information content (AvgIpc) is 2.53. The molecule has 1 fully saturated rings. The van der Waals surface area contributed by atoms with Crippen molar-refractivity contribution in [3.8, 4) is 5.75 Å². The molecule has 0 heterocycles. The fourth-order valence-electron chi connectivity index (χ4n) is 2.93. The second kappa shape index (κ2) is 7.27. The summed E-state index contributed by atoms with van der Waals surface area (Å²) in [6.07, 6.45) is 4.58. The summed E-state index contributed by atoms with van der Waals surface area (Å²) in [5.74, 6) is 0.590. The van der Waals surface area contributed by atoms with Crippen molar-refractivity contribution in [2.45, 2.75) is 55.2 Å². The molecular formula is C16H25NO3S. The maximum absolute atomic E-state index is 12.8. The van der Waals surface area contributed by atoms with Crippen LogP contribution in [0.25, 0.3) is 0 Å². The number of ether oxygens (including phenoxy) is 1. The van der Waals surface area contributed by atoms with E-state index >= 15 is 0 Å². The Morgan fingerprint density at radius 2 is 2.14 bits per heavy atom. The summed E-state index contributed by atoms with van der Waals surface area (Å²) in [5.41, 5.74) is 0. The van der Waals surface area contributed by atoms with Crippen LogP contribution in [0, 0.1) is 0 Å². The largest absolute Gasteiger partial charge is 0.497 e. The molecule has 0 amide bonds. The predicted octanol–water partition coefficient (Wildman–Crippen LogP) is 2.78. The molecular weight excluding hydrogens is 286 g/mol. The summed E-state index contributed by atoms with van der Waals surface area (Å²) in [6, 6.07) is 7.12. The third-order valence-corrected chi connectivity index (χ3v) is 6.33. The molecule has 0 saturated heterocycles. The van der Waals surface area contributed by atoms with Gasteiger partial charge in [0.1, 0.15) is 5.75 Å². The van der Waals surface area contributed by atoms with Crippen molar-refractivity contribution < 1.29 is 13.2 Å². The zero-order valence-electron chi connectivity index (χ0n) is 12.8. The van der Waals surface area contributed by atoms with E-state index in [0.29, 0.717) is 23.1 Å². The quantitative estimate of drug-likeness (QED) is 0.877. The van der Waals surface area contributed by atoms with Gasteiger partial charge in [-0.15, -0.1) is 0 Å². The molecule has 1 aliphatic rings. The molecule has 21 heavy (non-hydrogen) atoms. The first-order valence-electron chi connectivity index (χ1n) is 7.69. The molecule has 0 aromatic heterocycles. The highest BCUT2D eigenvalue weighted by molar-refractivity contribution is 7.92. The third-order valence-electron chi connectivity index (χ3n) is 4.12. The van der Waals surface area contributed by atoms with Gasteiger partial charge >= 0.3 is 0 Å². The molecule has 118 valence electrons. The van der Waals surface area contributed by atoms with Crippen LogP contribution in [-0.4, -0.2) is 33.4 Å². The highest BCUT2D eigenvalue weighted by Gasteiger charge is 2.32. The lowest BCUT2D eigenvalue weighted by atomic mass is 9.95. The zero-order valence-corrected chi connectivity index (χ0v) is 13.7. The van der Waals surface area contributed by atoms with Gasteiger partial charge in [-0.3, -0.25) is 0 Å². The van der Waals surface area contributed by atoms with Crippen LogP contribution in [0.15, 0.2) is 29.2 Å². The van der Waals surface area contributed by atoms with E-state index in [2.05, 4.69) is 12.2 Å². The van der Waals surface area contributed by atoms with Crippen LogP contribution in [0.2, 0.25) is 0 Å². The van der Waals surface area contributed by atoms with Crippen molar-refractivity contribution in [3.05, 3.63) is 24.3 Å². The molecule has 1 aromatic carbocycles. The van der Waals surface area contributed by atoms with Crippen LogP contribution < -0.4 is 10.1 Å². The Kier molecular flexibility index (Phi) is 5.65. The lowest BCUT2D eigenvalue weighted by molar-refractivity contribution is 0.372. The number of nitrogens with one attached hydrogen (secondary N) is 1. The van der Waals surface area contributed by atoms with E-state index in [9.17, 15) is 8.42 Å². The van der Waals surface area contributed by atoms with Crippen LogP contribution in [0.4, 0.5) is 0 Å². The van der Waals surface area contributed by atoms with Gasteiger partial charge in [0, 0.05) is 6.04 Å². The van der Waals surface area contributed by atoms with Gasteiger partial charge in [0.2, 0.25) is 0 Å². The summed E-state index contributed by atoms with van der Waals surface area (Å²) in [5, 5.41) is 3.17. The average molecular weight is 311 g/mol. The van der Waals surface area contributed by atoms with Crippen LogP contribution in [0.5, 0.6) is 5.75 Å². The van der Waals surface area contributed by atoms with Gasteiger partial charge in [0.25, 0.3) is 0 Å². The Bertz CT molecular complexity index is 556. The van der Waals surface area contributed by atoms with Gasteiger partial charge in [-0.1, -0.05) is 19.4 Å². The molecule has 0 bridgehead atoms. The summed E-state index contributed by atoms with van der Waals surface area (Å²) in [7, 11) is -1.72. The van der Waals surface area contributed by atoms with Gasteiger partial charge in [-0.25, -0.2) is 8.42 Å². The molecule has 0 radical (unpaired) electrons. The first-order chi connectivity index (χ1) is 10.1. The lowest BCUT2D eigenvalue weighted by Crippen LogP contribution is -2.39. The molecule has 0 aliphatic heterocycles. The minimum absolute atomic E-state index is 0.285. The van der Waals surface area contributed by atoms with Crippen LogP contribution in [-0.2, 0) is 9.84 Å². The molecule has 2 atom stereocenters. The number of rotatable bonds is 6. The van der Waals surface area contributed by atoms with E-state index in [1.807, 2.05) is 0 Å². The molecule has 1 N–H and O–H groups in total. The summed E-state index contributed by atoms with van der Waals surface area (Å²) in [4.78, 5) is 0.378. The van der Waals surface area contributed by atoms with Gasteiger partial charge < -0.3 is 10.1 Å². The van der Waals surface area contributed by atoms with E-state index in [-0.39, 0.29) is 5.25 Å². The maximum Gasteiger partial charge on any atom is 0.181 e. The van der Waals surface area contributed by atoms with Gasteiger partial charge in [0.15, 0.2) is 9.84 Å². The number of hydrogen-bond acceptors (Lipinski definition) is 4. The van der Waals surface area contributed by atoms with E-state index in [0.717, 1.165) is 32.2 Å². The molecule has 5 heteroatoms. The lowest BCUT2D eigenvalue weighted by Gasteiger charge is -2.29. The van der Waals surface area contributed by atoms with Crippen molar-refractivity contribution in [1.82, 2.24) is 5.32 Å². The third kappa shape index (κ3) is 3.98. The van der Waals surface area contributed by atoms with Gasteiger partial charge in [-0.05, 0) is 50.4 Å². The fraction of sp³-hybridized carbons (Fsp3) is 0.625. The number of hydrogen-bond donors (Lipinski definition) is 1. The smallest absolute Gasteiger partial charge is 0.181 e.